The standard InChI is InChI=1S/C18H16N2O5S/c1-24-14-5-3-13(4-6-14)19-8-7-12(10-19)9-15-17(22)20(18(23)26-15)11-16(21)25-2/h3-10H,11H2,1-2H3/b15-9-. The number of benzene rings is 1. The highest BCUT2D eigenvalue weighted by Crippen LogP contribution is 2.32. The Kier molecular flexibility index (Phi) is 5.13. The van der Waals surface area contributed by atoms with Crippen LogP contribution in [-0.2, 0) is 14.3 Å². The molecule has 1 aromatic heterocycles. The average Bonchev–Trinajstić information content (AvgIpc) is 3.22. The number of rotatable bonds is 5. The summed E-state index contributed by atoms with van der Waals surface area (Å²) < 4.78 is 11.5. The second kappa shape index (κ2) is 7.49. The Balaban J connectivity index is 1.78. The SMILES string of the molecule is COC(=O)CN1C(=O)S/C(=C\c2ccn(-c3ccc(OC)cc3)c2)C1=O. The topological polar surface area (TPSA) is 77.8 Å². The van der Waals surface area contributed by atoms with Gasteiger partial charge in [-0.2, -0.15) is 0 Å². The molecule has 0 aliphatic carbocycles. The van der Waals surface area contributed by atoms with Crippen molar-refractivity contribution in [2.24, 2.45) is 0 Å². The lowest BCUT2D eigenvalue weighted by atomic mass is 10.3. The second-order valence-corrected chi connectivity index (χ2v) is 6.39. The maximum absolute atomic E-state index is 12.3. The van der Waals surface area contributed by atoms with Crippen molar-refractivity contribution >= 4 is 35.0 Å². The molecule has 7 nitrogen and oxygen atoms in total. The first-order valence-corrected chi connectivity index (χ1v) is 8.48. The van der Waals surface area contributed by atoms with Crippen LogP contribution in [0.5, 0.6) is 5.75 Å². The third kappa shape index (κ3) is 3.65. The summed E-state index contributed by atoms with van der Waals surface area (Å²) in [5, 5.41) is -0.485. The molecule has 2 amide bonds. The van der Waals surface area contributed by atoms with Crippen molar-refractivity contribution in [2.45, 2.75) is 0 Å². The molecule has 26 heavy (non-hydrogen) atoms. The summed E-state index contributed by atoms with van der Waals surface area (Å²) in [6.45, 7) is -0.384. The van der Waals surface area contributed by atoms with Gasteiger partial charge in [0.1, 0.15) is 12.3 Å². The Hall–Kier alpha value is -3.00. The van der Waals surface area contributed by atoms with Gasteiger partial charge in [0.05, 0.1) is 19.1 Å². The first-order valence-electron chi connectivity index (χ1n) is 7.66. The van der Waals surface area contributed by atoms with E-state index in [1.807, 2.05) is 47.3 Å². The summed E-state index contributed by atoms with van der Waals surface area (Å²) in [4.78, 5) is 36.7. The fourth-order valence-corrected chi connectivity index (χ4v) is 3.23. The maximum atomic E-state index is 12.3. The molecule has 2 aromatic rings. The van der Waals surface area contributed by atoms with E-state index < -0.39 is 17.1 Å². The van der Waals surface area contributed by atoms with Crippen LogP contribution in [-0.4, -0.2) is 47.3 Å². The van der Waals surface area contributed by atoms with Crippen LogP contribution in [0, 0.1) is 0 Å². The molecule has 0 bridgehead atoms. The predicted molar refractivity (Wildman–Crippen MR) is 97.0 cm³/mol. The molecule has 8 heteroatoms. The smallest absolute Gasteiger partial charge is 0.325 e. The van der Waals surface area contributed by atoms with Crippen molar-refractivity contribution in [3.05, 3.63) is 53.2 Å². The van der Waals surface area contributed by atoms with Crippen molar-refractivity contribution in [1.82, 2.24) is 9.47 Å². The molecule has 0 unspecified atom stereocenters. The van der Waals surface area contributed by atoms with Gasteiger partial charge in [-0.15, -0.1) is 0 Å². The highest BCUT2D eigenvalue weighted by molar-refractivity contribution is 8.18. The lowest BCUT2D eigenvalue weighted by Gasteiger charge is -2.09. The van der Waals surface area contributed by atoms with Crippen LogP contribution in [0.2, 0.25) is 0 Å². The molecular weight excluding hydrogens is 356 g/mol. The van der Waals surface area contributed by atoms with Gasteiger partial charge in [-0.05, 0) is 53.7 Å². The summed E-state index contributed by atoms with van der Waals surface area (Å²) in [6.07, 6.45) is 5.32. The molecule has 0 saturated carbocycles. The van der Waals surface area contributed by atoms with Gasteiger partial charge in [-0.1, -0.05) is 0 Å². The van der Waals surface area contributed by atoms with Gasteiger partial charge >= 0.3 is 5.97 Å². The van der Waals surface area contributed by atoms with Crippen LogP contribution in [0.1, 0.15) is 5.56 Å². The molecule has 0 atom stereocenters. The monoisotopic (exact) mass is 372 g/mol. The van der Waals surface area contributed by atoms with Crippen LogP contribution in [0.3, 0.4) is 0 Å². The summed E-state index contributed by atoms with van der Waals surface area (Å²) >= 11 is 0.804. The second-order valence-electron chi connectivity index (χ2n) is 5.39. The number of thioether (sulfide) groups is 1. The molecule has 0 spiro atoms. The number of amides is 2. The van der Waals surface area contributed by atoms with Crippen LogP contribution < -0.4 is 4.74 Å². The summed E-state index contributed by atoms with van der Waals surface area (Å²) in [6, 6.07) is 9.36. The van der Waals surface area contributed by atoms with Crippen molar-refractivity contribution in [1.29, 1.82) is 0 Å². The van der Waals surface area contributed by atoms with Gasteiger partial charge in [0.25, 0.3) is 11.1 Å². The third-order valence-corrected chi connectivity index (χ3v) is 4.68. The van der Waals surface area contributed by atoms with Crippen molar-refractivity contribution in [3.8, 4) is 11.4 Å². The highest BCUT2D eigenvalue weighted by atomic mass is 32.2. The molecule has 1 fully saturated rings. The van der Waals surface area contributed by atoms with Crippen LogP contribution >= 0.6 is 11.8 Å². The number of hydrogen-bond acceptors (Lipinski definition) is 6. The Morgan fingerprint density at radius 3 is 2.54 bits per heavy atom. The quantitative estimate of drug-likeness (QED) is 0.593. The minimum Gasteiger partial charge on any atom is -0.497 e. The number of carbonyl (C=O) groups excluding carboxylic acids is 3. The molecule has 0 radical (unpaired) electrons. The molecule has 1 aliphatic rings. The number of hydrogen-bond donors (Lipinski definition) is 0. The zero-order valence-electron chi connectivity index (χ0n) is 14.2. The fourth-order valence-electron chi connectivity index (χ4n) is 2.39. The van der Waals surface area contributed by atoms with Gasteiger partial charge in [-0.25, -0.2) is 0 Å². The summed E-state index contributed by atoms with van der Waals surface area (Å²) in [5.74, 6) is -0.373. The molecule has 1 aromatic carbocycles. The minimum absolute atomic E-state index is 0.270. The molecule has 3 rings (SSSR count). The zero-order chi connectivity index (χ0) is 18.7. The van der Waals surface area contributed by atoms with Crippen molar-refractivity contribution in [2.75, 3.05) is 20.8 Å². The number of nitrogens with zero attached hydrogens (tertiary/aromatic N) is 2. The highest BCUT2D eigenvalue weighted by Gasteiger charge is 2.36. The third-order valence-electron chi connectivity index (χ3n) is 3.77. The van der Waals surface area contributed by atoms with E-state index in [2.05, 4.69) is 4.74 Å². The van der Waals surface area contributed by atoms with Gasteiger partial charge in [0.2, 0.25) is 0 Å². The van der Waals surface area contributed by atoms with Crippen LogP contribution in [0.15, 0.2) is 47.6 Å². The molecule has 2 heterocycles. The number of aromatic nitrogens is 1. The molecule has 1 aliphatic heterocycles. The van der Waals surface area contributed by atoms with E-state index in [1.165, 1.54) is 7.11 Å². The van der Waals surface area contributed by atoms with Crippen molar-refractivity contribution < 1.29 is 23.9 Å². The summed E-state index contributed by atoms with van der Waals surface area (Å²) in [7, 11) is 2.81. The van der Waals surface area contributed by atoms with E-state index in [0.29, 0.717) is 0 Å². The van der Waals surface area contributed by atoms with Gasteiger partial charge < -0.3 is 14.0 Å². The Labute approximate surface area is 154 Å². The maximum Gasteiger partial charge on any atom is 0.325 e. The first-order chi connectivity index (χ1) is 12.5. The van der Waals surface area contributed by atoms with E-state index in [0.717, 1.165) is 33.7 Å². The zero-order valence-corrected chi connectivity index (χ0v) is 15.0. The largest absolute Gasteiger partial charge is 0.497 e. The van der Waals surface area contributed by atoms with Crippen LogP contribution in [0.4, 0.5) is 4.79 Å². The number of esters is 1. The number of ether oxygens (including phenoxy) is 2. The van der Waals surface area contributed by atoms with Crippen molar-refractivity contribution in [3.63, 3.8) is 0 Å². The van der Waals surface area contributed by atoms with E-state index in [-0.39, 0.29) is 11.4 Å². The molecule has 1 saturated heterocycles. The Morgan fingerprint density at radius 2 is 1.88 bits per heavy atom. The molecule has 134 valence electrons. The minimum atomic E-state index is -0.640. The first kappa shape index (κ1) is 17.8. The van der Waals surface area contributed by atoms with E-state index >= 15 is 0 Å². The van der Waals surface area contributed by atoms with E-state index in [4.69, 9.17) is 4.74 Å². The van der Waals surface area contributed by atoms with E-state index in [9.17, 15) is 14.4 Å². The fraction of sp³-hybridized carbons (Fsp3) is 0.167. The lowest BCUT2D eigenvalue weighted by molar-refractivity contribution is -0.143. The van der Waals surface area contributed by atoms with Gasteiger partial charge in [0.15, 0.2) is 0 Å². The molecule has 0 N–H and O–H groups in total. The number of carbonyl (C=O) groups is 3. The number of imide groups is 1. The number of methoxy groups -OCH3 is 2. The predicted octanol–water partition coefficient (Wildman–Crippen LogP) is 2.70. The normalized spacial score (nSPS) is 15.6. The lowest BCUT2D eigenvalue weighted by Crippen LogP contribution is -2.34. The Bertz CT molecular complexity index is 885. The molecular formula is C18H16N2O5S. The Morgan fingerprint density at radius 1 is 1.15 bits per heavy atom. The van der Waals surface area contributed by atoms with Gasteiger partial charge in [-0.3, -0.25) is 19.3 Å². The summed E-state index contributed by atoms with van der Waals surface area (Å²) in [5.41, 5.74) is 1.70. The van der Waals surface area contributed by atoms with E-state index in [1.54, 1.807) is 13.2 Å². The van der Waals surface area contributed by atoms with Crippen LogP contribution in [0.25, 0.3) is 11.8 Å². The van der Waals surface area contributed by atoms with Gasteiger partial charge in [0, 0.05) is 18.1 Å². The average molecular weight is 372 g/mol.